The van der Waals surface area contributed by atoms with Gasteiger partial charge >= 0.3 is 12.1 Å². The molecule has 1 aliphatic rings. The Hall–Kier alpha value is -1.76. The summed E-state index contributed by atoms with van der Waals surface area (Å²) < 4.78 is 38.7. The Morgan fingerprint density at radius 3 is 2.33 bits per heavy atom. The van der Waals surface area contributed by atoms with Gasteiger partial charge in [-0.1, -0.05) is 18.0 Å². The van der Waals surface area contributed by atoms with E-state index in [0.29, 0.717) is 12.5 Å². The molecule has 1 fully saturated rings. The second kappa shape index (κ2) is 5.22. The lowest BCUT2D eigenvalue weighted by Crippen LogP contribution is -2.48. The van der Waals surface area contributed by atoms with Gasteiger partial charge in [0.05, 0.1) is 11.3 Å². The van der Waals surface area contributed by atoms with Crippen LogP contribution < -0.4 is 5.32 Å². The molecule has 1 aromatic carbocycles. The van der Waals surface area contributed by atoms with E-state index in [2.05, 4.69) is 5.32 Å². The van der Waals surface area contributed by atoms with E-state index in [9.17, 15) is 22.8 Å². The molecule has 2 N–H and O–H groups in total. The van der Waals surface area contributed by atoms with Crippen LogP contribution in [-0.2, 0) is 15.8 Å². The maximum absolute atomic E-state index is 12.9. The zero-order valence-corrected chi connectivity index (χ0v) is 11.4. The number of halogens is 4. The minimum Gasteiger partial charge on any atom is -0.480 e. The quantitative estimate of drug-likeness (QED) is 0.837. The first kappa shape index (κ1) is 15.6. The van der Waals surface area contributed by atoms with Crippen molar-refractivity contribution in [1.82, 2.24) is 0 Å². The van der Waals surface area contributed by atoms with Crippen LogP contribution in [0.4, 0.5) is 18.9 Å². The SMILES string of the molecule is O=C(O)C1(C(=O)Nc2ccc(Cl)cc2C(F)(F)F)CCC1. The van der Waals surface area contributed by atoms with Crippen LogP contribution in [0.1, 0.15) is 24.8 Å². The number of hydrogen-bond donors (Lipinski definition) is 2. The molecular formula is C13H11ClF3NO3. The summed E-state index contributed by atoms with van der Waals surface area (Å²) in [6.07, 6.45) is -3.93. The van der Waals surface area contributed by atoms with Gasteiger partial charge < -0.3 is 10.4 Å². The molecule has 0 aliphatic heterocycles. The molecule has 8 heteroatoms. The topological polar surface area (TPSA) is 66.4 Å². The van der Waals surface area contributed by atoms with Crippen LogP contribution in [0.3, 0.4) is 0 Å². The third kappa shape index (κ3) is 2.83. The van der Waals surface area contributed by atoms with Crippen molar-refractivity contribution in [3.8, 4) is 0 Å². The number of carbonyl (C=O) groups is 2. The zero-order chi connectivity index (χ0) is 15.8. The molecule has 4 nitrogen and oxygen atoms in total. The fraction of sp³-hybridized carbons (Fsp3) is 0.385. The van der Waals surface area contributed by atoms with Crippen molar-refractivity contribution in [3.63, 3.8) is 0 Å². The van der Waals surface area contributed by atoms with E-state index >= 15 is 0 Å². The fourth-order valence-electron chi connectivity index (χ4n) is 2.17. The standard InChI is InChI=1S/C13H11ClF3NO3/c14-7-2-3-9(8(6-7)13(15,16)17)18-10(19)12(11(20)21)4-1-5-12/h2-3,6H,1,4-5H2,(H,18,19)(H,20,21). The van der Waals surface area contributed by atoms with Crippen LogP contribution in [-0.4, -0.2) is 17.0 Å². The second-order valence-electron chi connectivity index (χ2n) is 4.88. The smallest absolute Gasteiger partial charge is 0.418 e. The van der Waals surface area contributed by atoms with Crippen LogP contribution in [0.5, 0.6) is 0 Å². The van der Waals surface area contributed by atoms with Gasteiger partial charge in [0.2, 0.25) is 5.91 Å². The molecule has 0 aromatic heterocycles. The molecule has 21 heavy (non-hydrogen) atoms. The van der Waals surface area contributed by atoms with E-state index in [1.807, 2.05) is 0 Å². The highest BCUT2D eigenvalue weighted by Crippen LogP contribution is 2.43. The molecule has 0 radical (unpaired) electrons. The Labute approximate surface area is 122 Å². The molecular weight excluding hydrogens is 311 g/mol. The third-order valence-corrected chi connectivity index (χ3v) is 3.82. The predicted molar refractivity (Wildman–Crippen MR) is 69.0 cm³/mol. The Morgan fingerprint density at radius 2 is 1.90 bits per heavy atom. The average molecular weight is 322 g/mol. The van der Waals surface area contributed by atoms with Gasteiger partial charge in [-0.15, -0.1) is 0 Å². The van der Waals surface area contributed by atoms with Crippen LogP contribution in [0.2, 0.25) is 5.02 Å². The molecule has 1 aromatic rings. The van der Waals surface area contributed by atoms with Crippen molar-refractivity contribution in [1.29, 1.82) is 0 Å². The summed E-state index contributed by atoms with van der Waals surface area (Å²) in [5.41, 5.74) is -3.24. The summed E-state index contributed by atoms with van der Waals surface area (Å²) >= 11 is 5.53. The molecule has 0 bridgehead atoms. The number of carboxylic acids is 1. The van der Waals surface area contributed by atoms with Crippen LogP contribution in [0, 0.1) is 5.41 Å². The minimum atomic E-state index is -4.70. The summed E-state index contributed by atoms with van der Waals surface area (Å²) in [4.78, 5) is 23.2. The third-order valence-electron chi connectivity index (χ3n) is 3.59. The molecule has 0 atom stereocenters. The molecule has 114 valence electrons. The average Bonchev–Trinajstić information content (AvgIpc) is 2.28. The van der Waals surface area contributed by atoms with E-state index in [0.717, 1.165) is 6.07 Å². The largest absolute Gasteiger partial charge is 0.480 e. The Bertz CT molecular complexity index is 597. The van der Waals surface area contributed by atoms with Crippen molar-refractivity contribution in [2.45, 2.75) is 25.4 Å². The Balaban J connectivity index is 2.32. The van der Waals surface area contributed by atoms with Gasteiger partial charge in [-0.05, 0) is 31.0 Å². The Morgan fingerprint density at radius 1 is 1.29 bits per heavy atom. The van der Waals surface area contributed by atoms with Crippen molar-refractivity contribution in [3.05, 3.63) is 28.8 Å². The number of anilines is 1. The van der Waals surface area contributed by atoms with Gasteiger partial charge in [-0.2, -0.15) is 13.2 Å². The molecule has 0 heterocycles. The lowest BCUT2D eigenvalue weighted by molar-refractivity contribution is -0.159. The number of carbonyl (C=O) groups excluding carboxylic acids is 1. The number of hydrogen-bond acceptors (Lipinski definition) is 2. The van der Waals surface area contributed by atoms with E-state index in [1.165, 1.54) is 6.07 Å². The number of aliphatic carboxylic acids is 1. The van der Waals surface area contributed by atoms with Gasteiger partial charge in [0.15, 0.2) is 0 Å². The summed E-state index contributed by atoms with van der Waals surface area (Å²) in [6.45, 7) is 0. The van der Waals surface area contributed by atoms with E-state index < -0.39 is 34.7 Å². The molecule has 1 saturated carbocycles. The number of benzene rings is 1. The summed E-state index contributed by atoms with van der Waals surface area (Å²) in [6, 6.07) is 2.89. The molecule has 1 aliphatic carbocycles. The zero-order valence-electron chi connectivity index (χ0n) is 10.6. The highest BCUT2D eigenvalue weighted by atomic mass is 35.5. The van der Waals surface area contributed by atoms with Gasteiger partial charge in [0.1, 0.15) is 5.41 Å². The van der Waals surface area contributed by atoms with Crippen LogP contribution in [0.25, 0.3) is 0 Å². The lowest BCUT2D eigenvalue weighted by Gasteiger charge is -2.36. The summed E-state index contributed by atoms with van der Waals surface area (Å²) in [5, 5.41) is 11.0. The lowest BCUT2D eigenvalue weighted by atomic mass is 9.68. The number of amides is 1. The number of rotatable bonds is 3. The first-order valence-corrected chi connectivity index (χ1v) is 6.46. The normalized spacial score (nSPS) is 17.0. The maximum Gasteiger partial charge on any atom is 0.418 e. The highest BCUT2D eigenvalue weighted by molar-refractivity contribution is 6.30. The van der Waals surface area contributed by atoms with Gasteiger partial charge in [-0.3, -0.25) is 9.59 Å². The minimum absolute atomic E-state index is 0.114. The summed E-state index contributed by atoms with van der Waals surface area (Å²) in [5.74, 6) is -2.26. The van der Waals surface area contributed by atoms with Crippen molar-refractivity contribution in [2.75, 3.05) is 5.32 Å². The number of alkyl halides is 3. The van der Waals surface area contributed by atoms with Crippen molar-refractivity contribution in [2.24, 2.45) is 5.41 Å². The van der Waals surface area contributed by atoms with Gasteiger partial charge in [-0.25, -0.2) is 0 Å². The summed E-state index contributed by atoms with van der Waals surface area (Å²) in [7, 11) is 0. The van der Waals surface area contributed by atoms with E-state index in [1.54, 1.807) is 0 Å². The van der Waals surface area contributed by atoms with E-state index in [-0.39, 0.29) is 17.9 Å². The van der Waals surface area contributed by atoms with Crippen molar-refractivity contribution < 1.29 is 27.9 Å². The van der Waals surface area contributed by atoms with Gasteiger partial charge in [0.25, 0.3) is 0 Å². The molecule has 0 saturated heterocycles. The number of nitrogens with one attached hydrogen (secondary N) is 1. The first-order valence-electron chi connectivity index (χ1n) is 6.08. The molecule has 1 amide bonds. The monoisotopic (exact) mass is 321 g/mol. The van der Waals surface area contributed by atoms with Crippen LogP contribution >= 0.6 is 11.6 Å². The highest BCUT2D eigenvalue weighted by Gasteiger charge is 2.51. The molecule has 0 unspecified atom stereocenters. The maximum atomic E-state index is 12.9. The second-order valence-corrected chi connectivity index (χ2v) is 5.32. The molecule has 0 spiro atoms. The molecule has 2 rings (SSSR count). The Kier molecular flexibility index (Phi) is 3.88. The number of carboxylic acid groups (broad SMARTS) is 1. The fourth-order valence-corrected chi connectivity index (χ4v) is 2.34. The van der Waals surface area contributed by atoms with Gasteiger partial charge in [0, 0.05) is 5.02 Å². The van der Waals surface area contributed by atoms with E-state index in [4.69, 9.17) is 16.7 Å². The van der Waals surface area contributed by atoms with Crippen LogP contribution in [0.15, 0.2) is 18.2 Å². The van der Waals surface area contributed by atoms with Crippen molar-refractivity contribution >= 4 is 29.2 Å². The first-order chi connectivity index (χ1) is 9.67. The predicted octanol–water partition coefficient (Wildman–Crippen LogP) is 3.55.